The lowest BCUT2D eigenvalue weighted by Gasteiger charge is -2.44. The van der Waals surface area contributed by atoms with E-state index in [0.717, 1.165) is 16.7 Å². The number of imidazole rings is 1. The number of benzene rings is 3. The van der Waals surface area contributed by atoms with Gasteiger partial charge in [-0.25, -0.2) is 9.55 Å². The van der Waals surface area contributed by atoms with E-state index < -0.39 is 52.6 Å². The molecule has 3 aromatic carbocycles. The number of H-pyrrole nitrogens is 1. The number of carbonyl (C=O) groups excluding carboxylic acids is 1. The number of aromatic nitrogens is 4. The van der Waals surface area contributed by atoms with Crippen molar-refractivity contribution in [2.24, 2.45) is 5.92 Å². The zero-order valence-electron chi connectivity index (χ0n) is 31.1. The van der Waals surface area contributed by atoms with Crippen molar-refractivity contribution in [1.29, 1.82) is 0 Å². The van der Waals surface area contributed by atoms with Crippen LogP contribution in [0.4, 0.5) is 5.95 Å². The number of ether oxygens (including phenoxy) is 1. The van der Waals surface area contributed by atoms with Gasteiger partial charge in [0.05, 0.1) is 24.5 Å². The van der Waals surface area contributed by atoms with E-state index in [1.807, 2.05) is 54.6 Å². The maximum Gasteiger partial charge on any atom is 0.327 e. The fourth-order valence-electron chi connectivity index (χ4n) is 6.52. The van der Waals surface area contributed by atoms with E-state index >= 15 is 0 Å². The van der Waals surface area contributed by atoms with Crippen molar-refractivity contribution in [1.82, 2.24) is 24.8 Å². The van der Waals surface area contributed by atoms with Crippen molar-refractivity contribution >= 4 is 40.0 Å². The summed E-state index contributed by atoms with van der Waals surface area (Å²) in [7, 11) is -3.06. The van der Waals surface area contributed by atoms with Crippen molar-refractivity contribution in [3.8, 4) is 0 Å². The van der Waals surface area contributed by atoms with E-state index in [9.17, 15) is 14.2 Å². The van der Waals surface area contributed by atoms with E-state index in [1.165, 1.54) is 6.33 Å². The molecule has 53 heavy (non-hydrogen) atoms. The van der Waals surface area contributed by atoms with Gasteiger partial charge in [-0.2, -0.15) is 4.98 Å². The summed E-state index contributed by atoms with van der Waals surface area (Å²) in [4.78, 5) is 37.7. The molecule has 1 amide bonds. The van der Waals surface area contributed by atoms with E-state index in [1.54, 1.807) is 18.4 Å². The molecule has 0 aliphatic carbocycles. The number of nitrogens with one attached hydrogen (secondary N) is 3. The summed E-state index contributed by atoms with van der Waals surface area (Å²) in [5.74, 6) is -0.639. The molecule has 0 radical (unpaired) electrons. The van der Waals surface area contributed by atoms with Crippen LogP contribution >= 0.6 is 8.69 Å². The number of carbonyl (C=O) groups is 1. The quantitative estimate of drug-likeness (QED) is 0.0646. The third-order valence-corrected chi connectivity index (χ3v) is 15.1. The summed E-state index contributed by atoms with van der Waals surface area (Å²) in [6.07, 6.45) is -0.758. The Morgan fingerprint density at radius 1 is 0.962 bits per heavy atom. The van der Waals surface area contributed by atoms with Crippen molar-refractivity contribution in [3.63, 3.8) is 0 Å². The second-order valence-corrected chi connectivity index (χ2v) is 20.3. The largest absolute Gasteiger partial charge is 0.408 e. The number of rotatable bonds is 13. The number of anilines is 1. The molecule has 1 fully saturated rings. The number of amides is 1. The van der Waals surface area contributed by atoms with Gasteiger partial charge in [0.1, 0.15) is 12.2 Å². The van der Waals surface area contributed by atoms with Crippen LogP contribution in [0.1, 0.15) is 57.5 Å². The fourth-order valence-corrected chi connectivity index (χ4v) is 8.03. The summed E-state index contributed by atoms with van der Waals surface area (Å²) in [5, 5.41) is 6.58. The summed E-state index contributed by atoms with van der Waals surface area (Å²) >= 11 is 0. The predicted molar refractivity (Wildman–Crippen MR) is 207 cm³/mol. The Morgan fingerprint density at radius 3 is 2.00 bits per heavy atom. The summed E-state index contributed by atoms with van der Waals surface area (Å²) in [5.41, 5.74) is 1.82. The number of aromatic amines is 1. The first-order valence-corrected chi connectivity index (χ1v) is 21.4. The molecule has 4 atom stereocenters. The number of hydrogen-bond donors (Lipinski definition) is 3. The van der Waals surface area contributed by atoms with Crippen LogP contribution in [0.15, 0.2) is 102 Å². The van der Waals surface area contributed by atoms with Gasteiger partial charge in [0.2, 0.25) is 11.9 Å². The summed E-state index contributed by atoms with van der Waals surface area (Å²) in [6.45, 7) is 14.3. The molecule has 0 saturated carbocycles. The molecule has 278 valence electrons. The van der Waals surface area contributed by atoms with Crippen LogP contribution in [0.2, 0.25) is 18.1 Å². The van der Waals surface area contributed by atoms with Crippen LogP contribution < -0.4 is 16.2 Å². The third kappa shape index (κ3) is 7.68. The maximum atomic E-state index is 13.3. The minimum Gasteiger partial charge on any atom is -0.408 e. The molecule has 1 aliphatic rings. The monoisotopic (exact) mass is 754 g/mol. The van der Waals surface area contributed by atoms with Crippen molar-refractivity contribution < 1.29 is 23.0 Å². The lowest BCUT2D eigenvalue weighted by molar-refractivity contribution is -0.118. The Kier molecular flexibility index (Phi) is 11.3. The van der Waals surface area contributed by atoms with Gasteiger partial charge in [0.15, 0.2) is 25.7 Å². The highest BCUT2D eigenvalue weighted by Gasteiger charge is 2.54. The first kappa shape index (κ1) is 38.4. The molecule has 14 heteroatoms. The zero-order chi connectivity index (χ0) is 38.0. The van der Waals surface area contributed by atoms with E-state index in [4.69, 9.17) is 13.7 Å². The highest BCUT2D eigenvalue weighted by atomic mass is 31.1. The van der Waals surface area contributed by atoms with E-state index in [-0.39, 0.29) is 40.6 Å². The van der Waals surface area contributed by atoms with Crippen molar-refractivity contribution in [3.05, 3.63) is 124 Å². The Morgan fingerprint density at radius 2 is 1.51 bits per heavy atom. The van der Waals surface area contributed by atoms with Gasteiger partial charge in [-0.3, -0.25) is 34.3 Å². The molecule has 3 N–H and O–H groups in total. The van der Waals surface area contributed by atoms with Crippen LogP contribution in [0, 0.1) is 5.92 Å². The van der Waals surface area contributed by atoms with Gasteiger partial charge < -0.3 is 9.16 Å². The minimum absolute atomic E-state index is 0.00113. The normalized spacial score (nSPS) is 19.6. The van der Waals surface area contributed by atoms with Crippen LogP contribution in [0.3, 0.4) is 0 Å². The Balaban J connectivity index is 1.58. The molecule has 0 spiro atoms. The Bertz CT molecular complexity index is 1990. The Labute approximate surface area is 312 Å². The molecule has 3 heterocycles. The van der Waals surface area contributed by atoms with Crippen molar-refractivity contribution in [2.45, 2.75) is 82.8 Å². The molecule has 6 rings (SSSR count). The van der Waals surface area contributed by atoms with Crippen LogP contribution in [0.5, 0.6) is 0 Å². The van der Waals surface area contributed by atoms with Gasteiger partial charge in [-0.15, -0.1) is 0 Å². The van der Waals surface area contributed by atoms with Crippen molar-refractivity contribution in [2.75, 3.05) is 11.9 Å². The van der Waals surface area contributed by atoms with Gasteiger partial charge >= 0.3 is 8.69 Å². The van der Waals surface area contributed by atoms with Gasteiger partial charge in [0, 0.05) is 5.92 Å². The van der Waals surface area contributed by atoms with Crippen LogP contribution in [-0.2, 0) is 28.6 Å². The highest BCUT2D eigenvalue weighted by Crippen LogP contribution is 2.45. The second kappa shape index (κ2) is 15.5. The van der Waals surface area contributed by atoms with Crippen LogP contribution in [0.25, 0.3) is 11.2 Å². The number of hydrogen-bond acceptors (Lipinski definition) is 9. The first-order chi connectivity index (χ1) is 25.3. The third-order valence-electron chi connectivity index (χ3n) is 10.4. The molecule has 12 nitrogen and oxygen atoms in total. The molecular formula is C39H47N6O6PSi. The lowest BCUT2D eigenvalue weighted by atomic mass is 9.76. The first-order valence-electron chi connectivity index (χ1n) is 17.8. The molecule has 2 aromatic heterocycles. The summed E-state index contributed by atoms with van der Waals surface area (Å²) in [6, 6.07) is 30.1. The number of nitrogens with zero attached hydrogens (tertiary/aromatic N) is 3. The van der Waals surface area contributed by atoms with Gasteiger partial charge in [-0.1, -0.05) is 126 Å². The molecule has 5 aromatic rings. The van der Waals surface area contributed by atoms with E-state index in [2.05, 4.69) is 95.8 Å². The fraction of sp³-hybridized carbons (Fsp3) is 0.385. The molecule has 0 bridgehead atoms. The predicted octanol–water partition coefficient (Wildman–Crippen LogP) is 7.18. The smallest absolute Gasteiger partial charge is 0.327 e. The zero-order valence-corrected chi connectivity index (χ0v) is 33.0. The molecular weight excluding hydrogens is 708 g/mol. The number of fused-ring (bicyclic) bond motifs is 1. The van der Waals surface area contributed by atoms with E-state index in [0.29, 0.717) is 0 Å². The van der Waals surface area contributed by atoms with Crippen LogP contribution in [-0.4, -0.2) is 58.6 Å². The molecule has 1 saturated heterocycles. The topological polar surface area (TPSA) is 149 Å². The standard InChI is InChI=1S/C39H47N6O6PSi/c1-25(2)34(46)42-37-41-33-31(35(47)43-37)40-24-45(33)36-32(51-53(6,7)38(3,4)5)30(29(50-36)23-49-52-48)44-39(26-17-11-8-12-18-26,27-19-13-9-14-20-27)28-21-15-10-16-22-28/h8-22,24-25,29-30,32,36,44H,23H2,1-7H3,(H2,41,42,43,46,47)/t29-,30-,32-,36-/m1/s1. The molecule has 0 unspecified atom stereocenters. The highest BCUT2D eigenvalue weighted by molar-refractivity contribution is 7.17. The van der Waals surface area contributed by atoms with Gasteiger partial charge in [-0.05, 0) is 34.8 Å². The second-order valence-electron chi connectivity index (χ2n) is 15.2. The average Bonchev–Trinajstić information content (AvgIpc) is 3.70. The SMILES string of the molecule is CC(C)C(=O)Nc1nc2c(ncn2[C@@H]2O[C@H](COP=O)[C@@H](NC(c3ccccc3)(c3ccccc3)c3ccccc3)[C@H]2O[Si](C)(C)C(C)(C)C)c(=O)[nH]1. The lowest BCUT2D eigenvalue weighted by Crippen LogP contribution is -2.59. The maximum absolute atomic E-state index is 13.3. The average molecular weight is 755 g/mol. The summed E-state index contributed by atoms with van der Waals surface area (Å²) < 4.78 is 33.3. The Hall–Kier alpha value is -4.36. The van der Waals surface area contributed by atoms with Gasteiger partial charge in [0.25, 0.3) is 5.56 Å². The molecule has 1 aliphatic heterocycles. The minimum atomic E-state index is -2.57.